The van der Waals surface area contributed by atoms with Crippen LogP contribution < -0.4 is 14.8 Å². The molecule has 1 aromatic heterocycles. The Kier molecular flexibility index (Phi) is 4.99. The second-order valence-corrected chi connectivity index (χ2v) is 7.49. The number of H-pyrrole nitrogens is 1. The van der Waals surface area contributed by atoms with E-state index in [0.717, 1.165) is 18.4 Å². The Labute approximate surface area is 165 Å². The minimum Gasteiger partial charge on any atom is -0.493 e. The molecule has 5 nitrogen and oxygen atoms in total. The van der Waals surface area contributed by atoms with Crippen LogP contribution in [0.5, 0.6) is 11.5 Å². The van der Waals surface area contributed by atoms with Crippen molar-refractivity contribution in [2.75, 3.05) is 14.2 Å². The highest BCUT2D eigenvalue weighted by Gasteiger charge is 2.26. The van der Waals surface area contributed by atoms with Crippen LogP contribution in [0, 0.1) is 6.92 Å². The number of carbonyl (C=O) groups is 1. The molecular weight excluding hydrogens is 352 g/mol. The van der Waals surface area contributed by atoms with Gasteiger partial charge in [0, 0.05) is 35.5 Å². The van der Waals surface area contributed by atoms with Gasteiger partial charge >= 0.3 is 0 Å². The molecule has 1 unspecified atom stereocenters. The lowest BCUT2D eigenvalue weighted by Gasteiger charge is -2.13. The first-order chi connectivity index (χ1) is 13.6. The maximum absolute atomic E-state index is 12.5. The SMILES string of the molecule is COc1ccc(CCC(=O)NC2Cc3[nH]c4ccc(C)cc4c3C2)cc1OC. The van der Waals surface area contributed by atoms with Crippen molar-refractivity contribution in [3.05, 3.63) is 58.8 Å². The molecule has 146 valence electrons. The number of benzene rings is 2. The summed E-state index contributed by atoms with van der Waals surface area (Å²) in [5, 5.41) is 4.49. The lowest BCUT2D eigenvalue weighted by Crippen LogP contribution is -2.35. The minimum absolute atomic E-state index is 0.0884. The first-order valence-electron chi connectivity index (χ1n) is 9.67. The van der Waals surface area contributed by atoms with Crippen molar-refractivity contribution in [3.63, 3.8) is 0 Å². The molecule has 0 radical (unpaired) electrons. The molecule has 2 aromatic carbocycles. The molecule has 2 N–H and O–H groups in total. The van der Waals surface area contributed by atoms with E-state index in [9.17, 15) is 4.79 Å². The number of rotatable bonds is 6. The highest BCUT2D eigenvalue weighted by molar-refractivity contribution is 5.86. The van der Waals surface area contributed by atoms with Crippen LogP contribution in [0.15, 0.2) is 36.4 Å². The molecule has 28 heavy (non-hydrogen) atoms. The van der Waals surface area contributed by atoms with Crippen LogP contribution in [0.2, 0.25) is 0 Å². The van der Waals surface area contributed by atoms with E-state index in [0.29, 0.717) is 24.3 Å². The van der Waals surface area contributed by atoms with Crippen LogP contribution in [0.3, 0.4) is 0 Å². The van der Waals surface area contributed by atoms with Gasteiger partial charge in [-0.1, -0.05) is 17.7 Å². The van der Waals surface area contributed by atoms with E-state index in [2.05, 4.69) is 35.4 Å². The molecule has 0 spiro atoms. The quantitative estimate of drug-likeness (QED) is 0.687. The molecule has 1 aliphatic carbocycles. The Morgan fingerprint density at radius 3 is 2.71 bits per heavy atom. The van der Waals surface area contributed by atoms with Crippen molar-refractivity contribution in [1.29, 1.82) is 0 Å². The molecule has 0 aliphatic heterocycles. The largest absolute Gasteiger partial charge is 0.493 e. The van der Waals surface area contributed by atoms with Crippen molar-refractivity contribution in [3.8, 4) is 11.5 Å². The van der Waals surface area contributed by atoms with Crippen molar-refractivity contribution in [2.45, 2.75) is 38.6 Å². The monoisotopic (exact) mass is 378 g/mol. The highest BCUT2D eigenvalue weighted by Crippen LogP contribution is 2.31. The number of aromatic amines is 1. The summed E-state index contributed by atoms with van der Waals surface area (Å²) in [6.45, 7) is 2.11. The summed E-state index contributed by atoms with van der Waals surface area (Å²) in [6, 6.07) is 12.4. The normalized spacial score (nSPS) is 15.5. The van der Waals surface area contributed by atoms with Gasteiger partial charge in [-0.15, -0.1) is 0 Å². The number of hydrogen-bond acceptors (Lipinski definition) is 3. The van der Waals surface area contributed by atoms with Gasteiger partial charge in [-0.3, -0.25) is 4.79 Å². The fourth-order valence-corrected chi connectivity index (χ4v) is 4.09. The first kappa shape index (κ1) is 18.4. The number of ether oxygens (including phenoxy) is 2. The Hall–Kier alpha value is -2.95. The van der Waals surface area contributed by atoms with E-state index in [-0.39, 0.29) is 11.9 Å². The van der Waals surface area contributed by atoms with Crippen LogP contribution in [-0.4, -0.2) is 31.2 Å². The molecule has 1 heterocycles. The minimum atomic E-state index is 0.0884. The van der Waals surface area contributed by atoms with Crippen molar-refractivity contribution in [1.82, 2.24) is 10.3 Å². The van der Waals surface area contributed by atoms with Crippen molar-refractivity contribution < 1.29 is 14.3 Å². The van der Waals surface area contributed by atoms with Gasteiger partial charge in [0.1, 0.15) is 0 Å². The average Bonchev–Trinajstić information content (AvgIpc) is 3.23. The lowest BCUT2D eigenvalue weighted by atomic mass is 10.1. The van der Waals surface area contributed by atoms with Crippen molar-refractivity contribution >= 4 is 16.8 Å². The summed E-state index contributed by atoms with van der Waals surface area (Å²) < 4.78 is 10.6. The fraction of sp³-hybridized carbons (Fsp3) is 0.348. The van der Waals surface area contributed by atoms with Crippen molar-refractivity contribution in [2.24, 2.45) is 0 Å². The van der Waals surface area contributed by atoms with Crippen LogP contribution in [0.25, 0.3) is 10.9 Å². The van der Waals surface area contributed by atoms with Gasteiger partial charge in [0.25, 0.3) is 0 Å². The molecule has 3 aromatic rings. The van der Waals surface area contributed by atoms with E-state index < -0.39 is 0 Å². The van der Waals surface area contributed by atoms with Gasteiger partial charge in [0.2, 0.25) is 5.91 Å². The highest BCUT2D eigenvalue weighted by atomic mass is 16.5. The summed E-state index contributed by atoms with van der Waals surface area (Å²) in [5.74, 6) is 1.48. The number of fused-ring (bicyclic) bond motifs is 3. The van der Waals surface area contributed by atoms with Crippen LogP contribution >= 0.6 is 0 Å². The van der Waals surface area contributed by atoms with E-state index in [4.69, 9.17) is 9.47 Å². The third kappa shape index (κ3) is 3.57. The van der Waals surface area contributed by atoms with Gasteiger partial charge in [-0.05, 0) is 55.2 Å². The number of methoxy groups -OCH3 is 2. The first-order valence-corrected chi connectivity index (χ1v) is 9.67. The molecule has 1 aliphatic rings. The predicted molar refractivity (Wildman–Crippen MR) is 110 cm³/mol. The Bertz CT molecular complexity index is 1020. The van der Waals surface area contributed by atoms with Crippen LogP contribution in [0.1, 0.15) is 28.8 Å². The second kappa shape index (κ2) is 7.58. The Morgan fingerprint density at radius 2 is 1.93 bits per heavy atom. The Balaban J connectivity index is 1.35. The third-order valence-corrected chi connectivity index (χ3v) is 5.50. The predicted octanol–water partition coefficient (Wildman–Crippen LogP) is 3.71. The molecule has 1 atom stereocenters. The standard InChI is InChI=1S/C23H26N2O3/c1-14-4-7-19-17(10-14)18-12-16(13-20(18)25-19)24-23(26)9-6-15-5-8-21(27-2)22(11-15)28-3/h4-5,7-8,10-11,16,25H,6,9,12-13H2,1-3H3,(H,24,26). The maximum Gasteiger partial charge on any atom is 0.220 e. The zero-order chi connectivity index (χ0) is 19.7. The zero-order valence-corrected chi connectivity index (χ0v) is 16.6. The summed E-state index contributed by atoms with van der Waals surface area (Å²) in [4.78, 5) is 16.0. The zero-order valence-electron chi connectivity index (χ0n) is 16.6. The Morgan fingerprint density at radius 1 is 1.11 bits per heavy atom. The molecule has 1 amide bonds. The molecule has 0 saturated heterocycles. The third-order valence-electron chi connectivity index (χ3n) is 5.50. The summed E-state index contributed by atoms with van der Waals surface area (Å²) in [6.07, 6.45) is 2.89. The summed E-state index contributed by atoms with van der Waals surface area (Å²) in [7, 11) is 3.24. The molecule has 0 saturated carbocycles. The van der Waals surface area contributed by atoms with E-state index in [1.165, 1.54) is 27.7 Å². The van der Waals surface area contributed by atoms with Gasteiger partial charge in [0.15, 0.2) is 11.5 Å². The fourth-order valence-electron chi connectivity index (χ4n) is 4.09. The van der Waals surface area contributed by atoms with E-state index >= 15 is 0 Å². The van der Waals surface area contributed by atoms with E-state index in [1.54, 1.807) is 14.2 Å². The molecule has 4 rings (SSSR count). The molecule has 0 bridgehead atoms. The summed E-state index contributed by atoms with van der Waals surface area (Å²) >= 11 is 0. The van der Waals surface area contributed by atoms with Gasteiger partial charge in [0.05, 0.1) is 14.2 Å². The molecular formula is C23H26N2O3. The summed E-state index contributed by atoms with van der Waals surface area (Å²) in [5.41, 5.74) is 6.12. The number of aromatic nitrogens is 1. The number of nitrogens with one attached hydrogen (secondary N) is 2. The maximum atomic E-state index is 12.5. The molecule has 0 fully saturated rings. The number of carbonyl (C=O) groups excluding carboxylic acids is 1. The van der Waals surface area contributed by atoms with Crippen LogP contribution in [-0.2, 0) is 24.1 Å². The number of hydrogen-bond donors (Lipinski definition) is 2. The topological polar surface area (TPSA) is 63.3 Å². The van der Waals surface area contributed by atoms with Gasteiger partial charge < -0.3 is 19.8 Å². The molecule has 5 heteroatoms. The smallest absolute Gasteiger partial charge is 0.220 e. The van der Waals surface area contributed by atoms with Gasteiger partial charge in [-0.25, -0.2) is 0 Å². The number of amides is 1. The lowest BCUT2D eigenvalue weighted by molar-refractivity contribution is -0.121. The number of aryl methyl sites for hydroxylation is 2. The van der Waals surface area contributed by atoms with Gasteiger partial charge in [-0.2, -0.15) is 0 Å². The van der Waals surface area contributed by atoms with Crippen LogP contribution in [0.4, 0.5) is 0 Å². The average molecular weight is 378 g/mol. The van der Waals surface area contributed by atoms with E-state index in [1.807, 2.05) is 18.2 Å². The second-order valence-electron chi connectivity index (χ2n) is 7.49.